The standard InChI is InChI=1S/C22H34N6/c1-18(20-10-6-5-7-11-20)26-22(12-8-9-13-22)17-24-21(23-2)27(3)15-19-14-25-28(4)16-19/h5-7,10-11,14,16,18,26H,8-9,12-13,15,17H2,1-4H3,(H,23,24). The zero-order chi connectivity index (χ0) is 20.0. The Morgan fingerprint density at radius 2 is 2.00 bits per heavy atom. The lowest BCUT2D eigenvalue weighted by Gasteiger charge is -2.35. The van der Waals surface area contributed by atoms with Crippen LogP contribution in [0.2, 0.25) is 0 Å². The molecule has 1 aliphatic rings. The van der Waals surface area contributed by atoms with Crippen LogP contribution in [0, 0.1) is 0 Å². The maximum atomic E-state index is 4.50. The van der Waals surface area contributed by atoms with E-state index in [-0.39, 0.29) is 5.54 Å². The van der Waals surface area contributed by atoms with Crippen LogP contribution in [0.5, 0.6) is 0 Å². The van der Waals surface area contributed by atoms with E-state index >= 15 is 0 Å². The van der Waals surface area contributed by atoms with Gasteiger partial charge >= 0.3 is 0 Å². The minimum atomic E-state index is 0.111. The zero-order valence-corrected chi connectivity index (χ0v) is 17.7. The van der Waals surface area contributed by atoms with Crippen LogP contribution in [0.3, 0.4) is 0 Å². The third kappa shape index (κ3) is 5.13. The molecule has 2 N–H and O–H groups in total. The van der Waals surface area contributed by atoms with Crippen molar-refractivity contribution in [1.82, 2.24) is 25.3 Å². The van der Waals surface area contributed by atoms with Crippen LogP contribution in [-0.4, -0.2) is 46.8 Å². The van der Waals surface area contributed by atoms with Gasteiger partial charge in [-0.1, -0.05) is 43.2 Å². The summed E-state index contributed by atoms with van der Waals surface area (Å²) < 4.78 is 1.84. The number of aliphatic imine (C=N–C) groups is 1. The first kappa shape index (κ1) is 20.4. The average molecular weight is 383 g/mol. The van der Waals surface area contributed by atoms with Crippen molar-refractivity contribution in [2.75, 3.05) is 20.6 Å². The van der Waals surface area contributed by atoms with Crippen molar-refractivity contribution >= 4 is 5.96 Å². The van der Waals surface area contributed by atoms with Gasteiger partial charge in [0.15, 0.2) is 5.96 Å². The molecule has 0 aliphatic heterocycles. The van der Waals surface area contributed by atoms with Gasteiger partial charge in [-0.25, -0.2) is 0 Å². The minimum Gasteiger partial charge on any atom is -0.354 e. The van der Waals surface area contributed by atoms with E-state index in [4.69, 9.17) is 0 Å². The van der Waals surface area contributed by atoms with Gasteiger partial charge in [-0.2, -0.15) is 5.10 Å². The van der Waals surface area contributed by atoms with Crippen LogP contribution in [0.4, 0.5) is 0 Å². The topological polar surface area (TPSA) is 57.5 Å². The molecule has 1 fully saturated rings. The van der Waals surface area contributed by atoms with Gasteiger partial charge in [0.1, 0.15) is 0 Å². The molecule has 3 rings (SSSR count). The summed E-state index contributed by atoms with van der Waals surface area (Å²) in [6, 6.07) is 11.0. The van der Waals surface area contributed by atoms with E-state index in [9.17, 15) is 0 Å². The number of benzene rings is 1. The first-order valence-corrected chi connectivity index (χ1v) is 10.2. The summed E-state index contributed by atoms with van der Waals surface area (Å²) in [6.07, 6.45) is 8.90. The summed E-state index contributed by atoms with van der Waals surface area (Å²) in [5.41, 5.74) is 2.63. The number of aromatic nitrogens is 2. The van der Waals surface area contributed by atoms with Crippen molar-refractivity contribution in [3.8, 4) is 0 Å². The third-order valence-electron chi connectivity index (χ3n) is 5.72. The van der Waals surface area contributed by atoms with Crippen molar-refractivity contribution in [1.29, 1.82) is 0 Å². The van der Waals surface area contributed by atoms with Crippen molar-refractivity contribution < 1.29 is 0 Å². The van der Waals surface area contributed by atoms with Gasteiger partial charge < -0.3 is 15.5 Å². The second kappa shape index (κ2) is 9.24. The van der Waals surface area contributed by atoms with E-state index in [2.05, 4.69) is 69.9 Å². The molecule has 28 heavy (non-hydrogen) atoms. The maximum Gasteiger partial charge on any atom is 0.193 e. The average Bonchev–Trinajstić information content (AvgIpc) is 3.32. The van der Waals surface area contributed by atoms with Crippen molar-refractivity contribution in [3.05, 3.63) is 53.9 Å². The van der Waals surface area contributed by atoms with Gasteiger partial charge in [-0.15, -0.1) is 0 Å². The smallest absolute Gasteiger partial charge is 0.193 e. The number of nitrogens with one attached hydrogen (secondary N) is 2. The molecule has 1 heterocycles. The first-order valence-electron chi connectivity index (χ1n) is 10.2. The lowest BCUT2D eigenvalue weighted by Crippen LogP contribution is -2.54. The van der Waals surface area contributed by atoms with E-state index in [0.717, 1.165) is 19.0 Å². The molecular weight excluding hydrogens is 348 g/mol. The normalized spacial score (nSPS) is 17.5. The summed E-state index contributed by atoms with van der Waals surface area (Å²) >= 11 is 0. The SMILES string of the molecule is CN=C(NCC1(NC(C)c2ccccc2)CCCC1)N(C)Cc1cnn(C)c1. The van der Waals surface area contributed by atoms with Crippen molar-refractivity contribution in [3.63, 3.8) is 0 Å². The molecule has 6 nitrogen and oxygen atoms in total. The van der Waals surface area contributed by atoms with E-state index < -0.39 is 0 Å². The molecule has 1 aromatic carbocycles. The summed E-state index contributed by atoms with van der Waals surface area (Å²) in [4.78, 5) is 6.65. The van der Waals surface area contributed by atoms with Gasteiger partial charge in [-0.3, -0.25) is 9.67 Å². The summed E-state index contributed by atoms with van der Waals surface area (Å²) in [5, 5.41) is 11.8. The Bertz CT molecular complexity index is 760. The molecule has 152 valence electrons. The highest BCUT2D eigenvalue weighted by Gasteiger charge is 2.35. The van der Waals surface area contributed by atoms with Crippen molar-refractivity contribution in [2.24, 2.45) is 12.0 Å². The Morgan fingerprint density at radius 1 is 1.29 bits per heavy atom. The van der Waals surface area contributed by atoms with Crippen LogP contribution >= 0.6 is 0 Å². The lowest BCUT2D eigenvalue weighted by atomic mass is 9.94. The highest BCUT2D eigenvalue weighted by molar-refractivity contribution is 5.79. The molecular formula is C22H34N6. The molecule has 1 aromatic heterocycles. The quantitative estimate of drug-likeness (QED) is 0.571. The predicted octanol–water partition coefficient (Wildman–Crippen LogP) is 3.09. The monoisotopic (exact) mass is 382 g/mol. The molecule has 0 radical (unpaired) electrons. The number of aryl methyl sites for hydroxylation is 1. The summed E-state index contributed by atoms with van der Waals surface area (Å²) in [5.74, 6) is 0.921. The number of hydrogen-bond donors (Lipinski definition) is 2. The molecule has 6 heteroatoms. The molecule has 1 saturated carbocycles. The summed E-state index contributed by atoms with van der Waals surface area (Å²) in [7, 11) is 5.87. The first-order chi connectivity index (χ1) is 13.5. The van der Waals surface area contributed by atoms with Gasteiger partial charge in [-0.05, 0) is 25.3 Å². The molecule has 0 amide bonds. The van der Waals surface area contributed by atoms with Gasteiger partial charge in [0.05, 0.1) is 6.20 Å². The zero-order valence-electron chi connectivity index (χ0n) is 17.7. The van der Waals surface area contributed by atoms with Crippen LogP contribution in [-0.2, 0) is 13.6 Å². The fraction of sp³-hybridized carbons (Fsp3) is 0.545. The van der Waals surface area contributed by atoms with Crippen LogP contribution in [0.25, 0.3) is 0 Å². The Labute approximate surface area is 169 Å². The fourth-order valence-corrected chi connectivity index (χ4v) is 4.24. The molecule has 1 atom stereocenters. The number of rotatable bonds is 7. The molecule has 1 aliphatic carbocycles. The van der Waals surface area contributed by atoms with Gasteiger partial charge in [0, 0.05) is 57.6 Å². The second-order valence-corrected chi connectivity index (χ2v) is 8.04. The highest BCUT2D eigenvalue weighted by atomic mass is 15.3. The second-order valence-electron chi connectivity index (χ2n) is 8.04. The minimum absolute atomic E-state index is 0.111. The van der Waals surface area contributed by atoms with E-state index in [0.29, 0.717) is 6.04 Å². The summed E-state index contributed by atoms with van der Waals surface area (Å²) in [6.45, 7) is 3.93. The Kier molecular flexibility index (Phi) is 6.73. The van der Waals surface area contributed by atoms with Gasteiger partial charge in [0.25, 0.3) is 0 Å². The van der Waals surface area contributed by atoms with Crippen LogP contribution in [0.15, 0.2) is 47.7 Å². The van der Waals surface area contributed by atoms with Gasteiger partial charge in [0.2, 0.25) is 0 Å². The molecule has 0 spiro atoms. The van der Waals surface area contributed by atoms with E-state index in [1.807, 2.05) is 31.2 Å². The third-order valence-corrected chi connectivity index (χ3v) is 5.72. The van der Waals surface area contributed by atoms with Crippen molar-refractivity contribution in [2.45, 2.75) is 50.7 Å². The Morgan fingerprint density at radius 3 is 2.61 bits per heavy atom. The largest absolute Gasteiger partial charge is 0.354 e. The fourth-order valence-electron chi connectivity index (χ4n) is 4.24. The molecule has 1 unspecified atom stereocenters. The van der Waals surface area contributed by atoms with Crippen LogP contribution in [0.1, 0.15) is 49.8 Å². The number of nitrogens with zero attached hydrogens (tertiary/aromatic N) is 4. The number of hydrogen-bond acceptors (Lipinski definition) is 3. The molecule has 0 bridgehead atoms. The maximum absolute atomic E-state index is 4.50. The van der Waals surface area contributed by atoms with E-state index in [1.54, 1.807) is 0 Å². The number of guanidine groups is 1. The lowest BCUT2D eigenvalue weighted by molar-refractivity contribution is 0.293. The molecule has 2 aromatic rings. The molecule has 0 saturated heterocycles. The van der Waals surface area contributed by atoms with E-state index in [1.165, 1.54) is 36.8 Å². The van der Waals surface area contributed by atoms with Crippen LogP contribution < -0.4 is 10.6 Å². The highest BCUT2D eigenvalue weighted by Crippen LogP contribution is 2.31. The Balaban J connectivity index is 1.61. The predicted molar refractivity (Wildman–Crippen MR) is 115 cm³/mol. The Hall–Kier alpha value is -2.34.